The van der Waals surface area contributed by atoms with Crippen molar-refractivity contribution in [1.82, 2.24) is 14.8 Å². The summed E-state index contributed by atoms with van der Waals surface area (Å²) in [6, 6.07) is 0. The predicted molar refractivity (Wildman–Crippen MR) is 68.2 cm³/mol. The van der Waals surface area contributed by atoms with E-state index in [4.69, 9.17) is 11.6 Å². The number of hydrazine groups is 1. The second kappa shape index (κ2) is 5.51. The van der Waals surface area contributed by atoms with Gasteiger partial charge in [0.05, 0.1) is 11.9 Å². The Morgan fingerprint density at radius 1 is 1.41 bits per heavy atom. The van der Waals surface area contributed by atoms with Crippen LogP contribution in [0.25, 0.3) is 0 Å². The summed E-state index contributed by atoms with van der Waals surface area (Å²) < 4.78 is 1.35. The van der Waals surface area contributed by atoms with Gasteiger partial charge in [0.1, 0.15) is 5.02 Å². The first-order valence-corrected chi connectivity index (χ1v) is 6.37. The highest BCUT2D eigenvalue weighted by atomic mass is 35.5. The van der Waals surface area contributed by atoms with Gasteiger partial charge in [0, 0.05) is 19.6 Å². The monoisotopic (exact) mass is 256 g/mol. The van der Waals surface area contributed by atoms with Crippen LogP contribution in [0.5, 0.6) is 0 Å². The number of aryl methyl sites for hydroxylation is 1. The van der Waals surface area contributed by atoms with Gasteiger partial charge in [-0.15, -0.1) is 0 Å². The van der Waals surface area contributed by atoms with Crippen LogP contribution in [0.1, 0.15) is 26.2 Å². The molecule has 2 heterocycles. The summed E-state index contributed by atoms with van der Waals surface area (Å²) in [5.41, 5.74) is 3.53. The molecular formula is C11H17ClN4O. The fourth-order valence-corrected chi connectivity index (χ4v) is 2.13. The average molecular weight is 257 g/mol. The molecule has 94 valence electrons. The normalized spacial score (nSPS) is 17.1. The Hall–Kier alpha value is -1.07. The van der Waals surface area contributed by atoms with Gasteiger partial charge in [-0.05, 0) is 19.8 Å². The van der Waals surface area contributed by atoms with E-state index in [1.807, 2.05) is 6.92 Å². The van der Waals surface area contributed by atoms with Crippen molar-refractivity contribution in [3.63, 3.8) is 0 Å². The highest BCUT2D eigenvalue weighted by molar-refractivity contribution is 6.32. The number of hydrogen-bond donors (Lipinski definition) is 1. The standard InChI is InChI=1S/C11H17ClN4O/c1-2-16-11(17)10(12)9(8-13-16)14-15-6-4-3-5-7-15/h8,14H,2-7H2,1H3. The third-order valence-corrected chi connectivity index (χ3v) is 3.28. The number of piperidine rings is 1. The van der Waals surface area contributed by atoms with E-state index in [-0.39, 0.29) is 10.6 Å². The van der Waals surface area contributed by atoms with Crippen LogP contribution in [0.4, 0.5) is 5.69 Å². The van der Waals surface area contributed by atoms with Crippen LogP contribution in [0, 0.1) is 0 Å². The quantitative estimate of drug-likeness (QED) is 0.895. The number of rotatable bonds is 3. The van der Waals surface area contributed by atoms with Gasteiger partial charge in [0.15, 0.2) is 0 Å². The molecule has 1 aliphatic heterocycles. The smallest absolute Gasteiger partial charge is 0.287 e. The van der Waals surface area contributed by atoms with Gasteiger partial charge in [-0.1, -0.05) is 18.0 Å². The van der Waals surface area contributed by atoms with Crippen molar-refractivity contribution in [3.05, 3.63) is 21.6 Å². The van der Waals surface area contributed by atoms with Gasteiger partial charge >= 0.3 is 0 Å². The lowest BCUT2D eigenvalue weighted by atomic mass is 10.2. The Morgan fingerprint density at radius 3 is 2.76 bits per heavy atom. The number of nitrogens with one attached hydrogen (secondary N) is 1. The number of hydrogen-bond acceptors (Lipinski definition) is 4. The third kappa shape index (κ3) is 2.79. The van der Waals surface area contributed by atoms with E-state index in [2.05, 4.69) is 15.5 Å². The predicted octanol–water partition coefficient (Wildman–Crippen LogP) is 1.73. The maximum atomic E-state index is 11.8. The van der Waals surface area contributed by atoms with Crippen molar-refractivity contribution in [2.24, 2.45) is 0 Å². The first-order valence-electron chi connectivity index (χ1n) is 5.99. The SMILES string of the molecule is CCn1ncc(NN2CCCCC2)c(Cl)c1=O. The molecule has 1 aromatic rings. The van der Waals surface area contributed by atoms with E-state index in [0.29, 0.717) is 12.2 Å². The second-order valence-corrected chi connectivity index (χ2v) is 4.53. The summed E-state index contributed by atoms with van der Waals surface area (Å²) in [6.45, 7) is 4.35. The summed E-state index contributed by atoms with van der Waals surface area (Å²) in [6.07, 6.45) is 5.22. The molecule has 0 amide bonds. The minimum atomic E-state index is -0.240. The fourth-order valence-electron chi connectivity index (χ4n) is 1.94. The molecular weight excluding hydrogens is 240 g/mol. The molecule has 0 bridgehead atoms. The van der Waals surface area contributed by atoms with Crippen molar-refractivity contribution >= 4 is 17.3 Å². The van der Waals surface area contributed by atoms with E-state index in [1.54, 1.807) is 6.20 Å². The summed E-state index contributed by atoms with van der Waals surface area (Å²) in [5.74, 6) is 0. The second-order valence-electron chi connectivity index (χ2n) is 4.15. The summed E-state index contributed by atoms with van der Waals surface area (Å²) >= 11 is 6.03. The molecule has 1 aromatic heterocycles. The van der Waals surface area contributed by atoms with Crippen LogP contribution >= 0.6 is 11.6 Å². The Bertz CT molecular complexity index is 440. The Kier molecular flexibility index (Phi) is 4.02. The highest BCUT2D eigenvalue weighted by Gasteiger charge is 2.13. The first kappa shape index (κ1) is 12.4. The van der Waals surface area contributed by atoms with Crippen LogP contribution in [0.15, 0.2) is 11.0 Å². The lowest BCUT2D eigenvalue weighted by molar-refractivity contribution is 0.273. The molecule has 0 aliphatic carbocycles. The van der Waals surface area contributed by atoms with Crippen LogP contribution in [-0.2, 0) is 6.54 Å². The number of nitrogens with zero attached hydrogens (tertiary/aromatic N) is 3. The van der Waals surface area contributed by atoms with Gasteiger partial charge in [-0.25, -0.2) is 9.69 Å². The van der Waals surface area contributed by atoms with E-state index in [1.165, 1.54) is 23.9 Å². The van der Waals surface area contributed by atoms with E-state index < -0.39 is 0 Å². The van der Waals surface area contributed by atoms with E-state index in [0.717, 1.165) is 13.1 Å². The van der Waals surface area contributed by atoms with Crippen molar-refractivity contribution in [1.29, 1.82) is 0 Å². The third-order valence-electron chi connectivity index (χ3n) is 2.92. The minimum Gasteiger partial charge on any atom is -0.316 e. The molecule has 0 unspecified atom stereocenters. The lowest BCUT2D eigenvalue weighted by Gasteiger charge is -2.27. The van der Waals surface area contributed by atoms with Crippen molar-refractivity contribution < 1.29 is 0 Å². The molecule has 1 N–H and O–H groups in total. The fraction of sp³-hybridized carbons (Fsp3) is 0.636. The van der Waals surface area contributed by atoms with Crippen LogP contribution in [0.3, 0.4) is 0 Å². The average Bonchev–Trinajstić information content (AvgIpc) is 2.37. The molecule has 1 aliphatic rings. The van der Waals surface area contributed by atoms with Crippen LogP contribution in [0.2, 0.25) is 5.02 Å². The summed E-state index contributed by atoms with van der Waals surface area (Å²) in [7, 11) is 0. The van der Waals surface area contributed by atoms with Crippen molar-refractivity contribution in [2.75, 3.05) is 18.5 Å². The molecule has 17 heavy (non-hydrogen) atoms. The molecule has 0 spiro atoms. The van der Waals surface area contributed by atoms with Gasteiger partial charge in [-0.3, -0.25) is 4.79 Å². The maximum Gasteiger partial charge on any atom is 0.287 e. The van der Waals surface area contributed by atoms with Crippen LogP contribution in [-0.4, -0.2) is 27.9 Å². The van der Waals surface area contributed by atoms with Crippen molar-refractivity contribution in [3.8, 4) is 0 Å². The zero-order chi connectivity index (χ0) is 12.3. The summed E-state index contributed by atoms with van der Waals surface area (Å²) in [5, 5.41) is 6.35. The molecule has 2 rings (SSSR count). The Labute approximate surface area is 105 Å². The van der Waals surface area contributed by atoms with Gasteiger partial charge < -0.3 is 5.43 Å². The van der Waals surface area contributed by atoms with E-state index >= 15 is 0 Å². The zero-order valence-corrected chi connectivity index (χ0v) is 10.7. The van der Waals surface area contributed by atoms with Gasteiger partial charge in [-0.2, -0.15) is 5.10 Å². The van der Waals surface area contributed by atoms with E-state index in [9.17, 15) is 4.79 Å². The molecule has 0 saturated carbocycles. The molecule has 0 atom stereocenters. The lowest BCUT2D eigenvalue weighted by Crippen LogP contribution is -2.36. The number of aromatic nitrogens is 2. The Morgan fingerprint density at radius 2 is 2.12 bits per heavy atom. The maximum absolute atomic E-state index is 11.8. The highest BCUT2D eigenvalue weighted by Crippen LogP contribution is 2.18. The molecule has 0 radical (unpaired) electrons. The van der Waals surface area contributed by atoms with Gasteiger partial charge in [0.25, 0.3) is 5.56 Å². The number of halogens is 1. The topological polar surface area (TPSA) is 50.2 Å². The number of anilines is 1. The van der Waals surface area contributed by atoms with Gasteiger partial charge in [0.2, 0.25) is 0 Å². The first-order chi connectivity index (χ1) is 8.22. The molecule has 0 aromatic carbocycles. The summed E-state index contributed by atoms with van der Waals surface area (Å²) in [4.78, 5) is 11.8. The Balaban J connectivity index is 2.15. The van der Waals surface area contributed by atoms with Crippen molar-refractivity contribution in [2.45, 2.75) is 32.7 Å². The zero-order valence-electron chi connectivity index (χ0n) is 9.95. The molecule has 1 fully saturated rings. The largest absolute Gasteiger partial charge is 0.316 e. The minimum absolute atomic E-state index is 0.215. The molecule has 5 nitrogen and oxygen atoms in total. The van der Waals surface area contributed by atoms with Crippen LogP contribution < -0.4 is 11.0 Å². The molecule has 6 heteroatoms. The molecule has 1 saturated heterocycles.